The molecular formula is C17H14N2O3. The Kier molecular flexibility index (Phi) is 3.87. The summed E-state index contributed by atoms with van der Waals surface area (Å²) in [5.74, 6) is 1.28. The summed E-state index contributed by atoms with van der Waals surface area (Å²) in [6.45, 7) is 0. The molecule has 0 bridgehead atoms. The van der Waals surface area contributed by atoms with Crippen LogP contribution in [-0.4, -0.2) is 23.2 Å². The predicted octanol–water partition coefficient (Wildman–Crippen LogP) is 3.58. The lowest BCUT2D eigenvalue weighted by atomic mass is 10.1. The van der Waals surface area contributed by atoms with E-state index < -0.39 is 0 Å². The summed E-state index contributed by atoms with van der Waals surface area (Å²) in [5, 5.41) is 16.7. The molecule has 3 aromatic rings. The van der Waals surface area contributed by atoms with Crippen molar-refractivity contribution in [3.8, 4) is 17.1 Å². The molecule has 0 atom stereocenters. The van der Waals surface area contributed by atoms with Crippen LogP contribution in [0.15, 0.2) is 70.3 Å². The van der Waals surface area contributed by atoms with E-state index in [1.54, 1.807) is 19.2 Å². The van der Waals surface area contributed by atoms with Gasteiger partial charge in [0.25, 0.3) is 0 Å². The van der Waals surface area contributed by atoms with Gasteiger partial charge in [0.1, 0.15) is 17.2 Å². The molecule has 0 saturated heterocycles. The van der Waals surface area contributed by atoms with Crippen molar-refractivity contribution >= 4 is 5.71 Å². The van der Waals surface area contributed by atoms with E-state index in [1.807, 2.05) is 48.5 Å². The maximum Gasteiger partial charge on any atom is 0.167 e. The number of hydrogen-bond acceptors (Lipinski definition) is 5. The molecule has 0 aliphatic heterocycles. The number of benzene rings is 2. The zero-order valence-electron chi connectivity index (χ0n) is 11.9. The van der Waals surface area contributed by atoms with E-state index in [0.29, 0.717) is 28.5 Å². The number of rotatable bonds is 4. The minimum absolute atomic E-state index is 0.324. The first-order chi connectivity index (χ1) is 10.8. The van der Waals surface area contributed by atoms with E-state index in [9.17, 15) is 5.21 Å². The van der Waals surface area contributed by atoms with Crippen molar-refractivity contribution in [3.05, 3.63) is 71.9 Å². The molecule has 5 nitrogen and oxygen atoms in total. The molecule has 110 valence electrons. The van der Waals surface area contributed by atoms with Crippen molar-refractivity contribution in [2.24, 2.45) is 5.16 Å². The maximum atomic E-state index is 9.34. The van der Waals surface area contributed by atoms with Crippen LogP contribution in [0.5, 0.6) is 5.75 Å². The van der Waals surface area contributed by atoms with Gasteiger partial charge in [-0.2, -0.15) is 0 Å². The van der Waals surface area contributed by atoms with Crippen LogP contribution in [0, 0.1) is 0 Å². The van der Waals surface area contributed by atoms with Gasteiger partial charge in [-0.05, 0) is 12.1 Å². The molecule has 1 N–H and O–H groups in total. The molecule has 0 radical (unpaired) electrons. The summed E-state index contributed by atoms with van der Waals surface area (Å²) >= 11 is 0. The normalized spacial score (nSPS) is 11.4. The Balaban J connectivity index is 1.97. The highest BCUT2D eigenvalue weighted by Gasteiger charge is 2.15. The molecule has 0 saturated carbocycles. The molecule has 0 spiro atoms. The van der Waals surface area contributed by atoms with Crippen LogP contribution in [0.1, 0.15) is 11.3 Å². The Morgan fingerprint density at radius 3 is 2.64 bits per heavy atom. The highest BCUT2D eigenvalue weighted by molar-refractivity contribution is 6.11. The van der Waals surface area contributed by atoms with Crippen molar-refractivity contribution in [1.29, 1.82) is 0 Å². The van der Waals surface area contributed by atoms with Gasteiger partial charge < -0.3 is 14.5 Å². The fourth-order valence-corrected chi connectivity index (χ4v) is 2.15. The van der Waals surface area contributed by atoms with Gasteiger partial charge in [-0.3, -0.25) is 0 Å². The summed E-state index contributed by atoms with van der Waals surface area (Å²) < 4.78 is 10.5. The monoisotopic (exact) mass is 294 g/mol. The molecule has 0 amide bonds. The molecule has 22 heavy (non-hydrogen) atoms. The summed E-state index contributed by atoms with van der Waals surface area (Å²) in [6.07, 6.45) is 0. The number of oxime groups is 1. The Morgan fingerprint density at radius 1 is 1.09 bits per heavy atom. The van der Waals surface area contributed by atoms with Crippen molar-refractivity contribution in [2.75, 3.05) is 7.11 Å². The summed E-state index contributed by atoms with van der Waals surface area (Å²) in [7, 11) is 1.58. The molecule has 1 aromatic heterocycles. The SMILES string of the molecule is COc1cccc(/C(=N/O)c2cc(-c3ccccc3)on2)c1. The maximum absolute atomic E-state index is 9.34. The molecule has 0 fully saturated rings. The first kappa shape index (κ1) is 13.9. The van der Waals surface area contributed by atoms with Gasteiger partial charge in [0.2, 0.25) is 0 Å². The second kappa shape index (κ2) is 6.13. The number of methoxy groups -OCH3 is 1. The van der Waals surface area contributed by atoms with Crippen LogP contribution >= 0.6 is 0 Å². The third-order valence-electron chi connectivity index (χ3n) is 3.25. The van der Waals surface area contributed by atoms with Crippen LogP contribution in [0.2, 0.25) is 0 Å². The fraction of sp³-hybridized carbons (Fsp3) is 0.0588. The van der Waals surface area contributed by atoms with Crippen LogP contribution in [0.25, 0.3) is 11.3 Å². The Morgan fingerprint density at radius 2 is 1.91 bits per heavy atom. The zero-order valence-corrected chi connectivity index (χ0v) is 11.9. The van der Waals surface area contributed by atoms with Crippen molar-refractivity contribution in [3.63, 3.8) is 0 Å². The molecule has 5 heteroatoms. The molecular weight excluding hydrogens is 280 g/mol. The molecule has 0 aliphatic carbocycles. The lowest BCUT2D eigenvalue weighted by Gasteiger charge is -2.03. The van der Waals surface area contributed by atoms with Crippen molar-refractivity contribution in [1.82, 2.24) is 5.16 Å². The Bertz CT molecular complexity index is 794. The standard InChI is InChI=1S/C17H14N2O3/c1-21-14-9-5-8-13(10-14)17(18-20)15-11-16(22-19-15)12-6-3-2-4-7-12/h2-11,20H,1H3/b18-17-. The molecule has 0 unspecified atom stereocenters. The van der Waals surface area contributed by atoms with Crippen LogP contribution in [0.4, 0.5) is 0 Å². The van der Waals surface area contributed by atoms with E-state index >= 15 is 0 Å². The van der Waals surface area contributed by atoms with E-state index in [1.165, 1.54) is 0 Å². The number of aromatic nitrogens is 1. The van der Waals surface area contributed by atoms with Gasteiger partial charge in [-0.15, -0.1) is 0 Å². The predicted molar refractivity (Wildman–Crippen MR) is 82.4 cm³/mol. The first-order valence-corrected chi connectivity index (χ1v) is 6.71. The van der Waals surface area contributed by atoms with Gasteiger partial charge in [0.15, 0.2) is 5.76 Å². The zero-order chi connectivity index (χ0) is 15.4. The Labute approximate surface area is 127 Å². The molecule has 3 rings (SSSR count). The molecule has 2 aromatic carbocycles. The fourth-order valence-electron chi connectivity index (χ4n) is 2.15. The summed E-state index contributed by atoms with van der Waals surface area (Å²) in [6, 6.07) is 18.6. The highest BCUT2D eigenvalue weighted by atomic mass is 16.5. The van der Waals surface area contributed by atoms with Crippen molar-refractivity contribution in [2.45, 2.75) is 0 Å². The van der Waals surface area contributed by atoms with E-state index in [0.717, 1.165) is 5.56 Å². The topological polar surface area (TPSA) is 67.8 Å². The summed E-state index contributed by atoms with van der Waals surface area (Å²) in [5.41, 5.74) is 2.37. The molecule has 0 aliphatic rings. The number of nitrogens with zero attached hydrogens (tertiary/aromatic N) is 2. The number of hydrogen-bond donors (Lipinski definition) is 1. The van der Waals surface area contributed by atoms with E-state index in [4.69, 9.17) is 9.26 Å². The molecule has 1 heterocycles. The lowest BCUT2D eigenvalue weighted by Crippen LogP contribution is -2.03. The van der Waals surface area contributed by atoms with Gasteiger partial charge in [0, 0.05) is 17.2 Å². The van der Waals surface area contributed by atoms with Gasteiger partial charge in [-0.1, -0.05) is 52.8 Å². The third kappa shape index (κ3) is 2.69. The van der Waals surface area contributed by atoms with E-state index in [-0.39, 0.29) is 0 Å². The number of ether oxygens (including phenoxy) is 1. The second-order valence-electron chi connectivity index (χ2n) is 4.62. The van der Waals surface area contributed by atoms with E-state index in [2.05, 4.69) is 10.3 Å². The van der Waals surface area contributed by atoms with Gasteiger partial charge in [-0.25, -0.2) is 0 Å². The highest BCUT2D eigenvalue weighted by Crippen LogP contribution is 2.22. The van der Waals surface area contributed by atoms with Gasteiger partial charge >= 0.3 is 0 Å². The van der Waals surface area contributed by atoms with Crippen LogP contribution < -0.4 is 4.74 Å². The smallest absolute Gasteiger partial charge is 0.167 e. The Hall–Kier alpha value is -3.08. The van der Waals surface area contributed by atoms with Crippen LogP contribution in [-0.2, 0) is 0 Å². The minimum atomic E-state index is 0.324. The van der Waals surface area contributed by atoms with Crippen LogP contribution in [0.3, 0.4) is 0 Å². The average molecular weight is 294 g/mol. The third-order valence-corrected chi connectivity index (χ3v) is 3.25. The minimum Gasteiger partial charge on any atom is -0.497 e. The van der Waals surface area contributed by atoms with Gasteiger partial charge in [0.05, 0.1) is 7.11 Å². The lowest BCUT2D eigenvalue weighted by molar-refractivity contribution is 0.319. The van der Waals surface area contributed by atoms with Crippen molar-refractivity contribution < 1.29 is 14.5 Å². The quantitative estimate of drug-likeness (QED) is 0.453. The largest absolute Gasteiger partial charge is 0.497 e. The average Bonchev–Trinajstić information content (AvgIpc) is 3.06. The summed E-state index contributed by atoms with van der Waals surface area (Å²) in [4.78, 5) is 0. The second-order valence-corrected chi connectivity index (χ2v) is 4.62. The first-order valence-electron chi connectivity index (χ1n) is 6.71.